The predicted octanol–water partition coefficient (Wildman–Crippen LogP) is 3.56. The molecule has 1 atom stereocenters. The van der Waals surface area contributed by atoms with E-state index in [0.717, 1.165) is 5.56 Å². The first kappa shape index (κ1) is 17.5. The van der Waals surface area contributed by atoms with E-state index in [1.165, 1.54) is 23.1 Å². The van der Waals surface area contributed by atoms with Crippen LogP contribution in [0.4, 0.5) is 5.69 Å². The van der Waals surface area contributed by atoms with Gasteiger partial charge < -0.3 is 14.4 Å². The van der Waals surface area contributed by atoms with E-state index in [-0.39, 0.29) is 24.4 Å². The minimum atomic E-state index is -0.447. The van der Waals surface area contributed by atoms with Gasteiger partial charge in [-0.05, 0) is 36.3 Å². The molecule has 26 heavy (non-hydrogen) atoms. The lowest BCUT2D eigenvalue weighted by Crippen LogP contribution is -2.28. The summed E-state index contributed by atoms with van der Waals surface area (Å²) >= 11 is 0. The summed E-state index contributed by atoms with van der Waals surface area (Å²) in [5, 5.41) is 10.9. The first-order valence-corrected chi connectivity index (χ1v) is 8.04. The van der Waals surface area contributed by atoms with Gasteiger partial charge in [0.15, 0.2) is 11.5 Å². The molecule has 1 heterocycles. The number of likely N-dealkylation sites (N-methyl/N-ethyl adjacent to an activating group) is 1. The van der Waals surface area contributed by atoms with Crippen molar-refractivity contribution in [3.05, 3.63) is 69.8 Å². The van der Waals surface area contributed by atoms with Crippen molar-refractivity contribution in [1.82, 2.24) is 4.90 Å². The molecule has 2 aromatic rings. The van der Waals surface area contributed by atoms with Crippen LogP contribution in [0.5, 0.6) is 11.5 Å². The molecule has 0 aliphatic carbocycles. The van der Waals surface area contributed by atoms with Crippen LogP contribution >= 0.6 is 0 Å². The van der Waals surface area contributed by atoms with Crippen molar-refractivity contribution in [2.24, 2.45) is 0 Å². The highest BCUT2D eigenvalue weighted by molar-refractivity contribution is 5.92. The lowest BCUT2D eigenvalue weighted by molar-refractivity contribution is -0.384. The summed E-state index contributed by atoms with van der Waals surface area (Å²) in [6, 6.07) is 11.4. The fourth-order valence-corrected chi connectivity index (χ4v) is 2.61. The number of amides is 1. The maximum Gasteiger partial charge on any atom is 0.269 e. The second kappa shape index (κ2) is 7.26. The third-order valence-corrected chi connectivity index (χ3v) is 4.31. The molecule has 1 aliphatic rings. The topological polar surface area (TPSA) is 81.9 Å². The fourth-order valence-electron chi connectivity index (χ4n) is 2.61. The molecule has 7 nitrogen and oxygen atoms in total. The number of fused-ring (bicyclic) bond motifs is 1. The smallest absolute Gasteiger partial charge is 0.269 e. The number of carbonyl (C=O) groups is 1. The molecule has 0 aromatic heterocycles. The Morgan fingerprint density at radius 3 is 2.77 bits per heavy atom. The van der Waals surface area contributed by atoms with Crippen LogP contribution in [0, 0.1) is 10.1 Å². The maximum atomic E-state index is 12.4. The number of rotatable bonds is 5. The van der Waals surface area contributed by atoms with Crippen LogP contribution in [0.25, 0.3) is 6.08 Å². The van der Waals surface area contributed by atoms with Gasteiger partial charge in [-0.2, -0.15) is 0 Å². The van der Waals surface area contributed by atoms with Crippen molar-refractivity contribution in [3.63, 3.8) is 0 Å². The maximum absolute atomic E-state index is 12.4. The number of ether oxygens (including phenoxy) is 2. The standard InChI is InChI=1S/C19H18N2O5/c1-13(15-4-3-5-16(11-15)21(23)24)20(2)19(22)9-7-14-6-8-17-18(10-14)26-12-25-17/h3-11,13H,12H2,1-2H3/b9-7+/t13-/m1/s1. The number of carbonyl (C=O) groups excluding carboxylic acids is 1. The number of nitro benzene ring substituents is 1. The van der Waals surface area contributed by atoms with E-state index in [9.17, 15) is 14.9 Å². The van der Waals surface area contributed by atoms with Crippen LogP contribution < -0.4 is 9.47 Å². The highest BCUT2D eigenvalue weighted by atomic mass is 16.7. The minimum Gasteiger partial charge on any atom is -0.454 e. The Hall–Kier alpha value is -3.35. The number of nitrogens with zero attached hydrogens (tertiary/aromatic N) is 2. The van der Waals surface area contributed by atoms with Crippen LogP contribution in [0.1, 0.15) is 24.1 Å². The molecule has 1 amide bonds. The van der Waals surface area contributed by atoms with E-state index in [4.69, 9.17) is 9.47 Å². The van der Waals surface area contributed by atoms with Crippen molar-refractivity contribution >= 4 is 17.7 Å². The zero-order valence-electron chi connectivity index (χ0n) is 14.4. The van der Waals surface area contributed by atoms with E-state index >= 15 is 0 Å². The third-order valence-electron chi connectivity index (χ3n) is 4.31. The van der Waals surface area contributed by atoms with Crippen molar-refractivity contribution in [1.29, 1.82) is 0 Å². The van der Waals surface area contributed by atoms with Gasteiger partial charge in [0.25, 0.3) is 5.69 Å². The Kier molecular flexibility index (Phi) is 4.88. The second-order valence-electron chi connectivity index (χ2n) is 5.92. The van der Waals surface area contributed by atoms with Gasteiger partial charge in [0.2, 0.25) is 12.7 Å². The number of hydrogen-bond donors (Lipinski definition) is 0. The molecule has 0 spiro atoms. The zero-order chi connectivity index (χ0) is 18.7. The molecule has 0 N–H and O–H groups in total. The first-order chi connectivity index (χ1) is 12.5. The van der Waals surface area contributed by atoms with Gasteiger partial charge in [0.1, 0.15) is 0 Å². The Morgan fingerprint density at radius 1 is 1.23 bits per heavy atom. The molecule has 0 unspecified atom stereocenters. The van der Waals surface area contributed by atoms with E-state index in [1.807, 2.05) is 13.0 Å². The molecule has 7 heteroatoms. The summed E-state index contributed by atoms with van der Waals surface area (Å²) in [7, 11) is 1.66. The van der Waals surface area contributed by atoms with Crippen LogP contribution in [0.2, 0.25) is 0 Å². The Balaban J connectivity index is 1.70. The third kappa shape index (κ3) is 3.66. The van der Waals surface area contributed by atoms with Gasteiger partial charge in [-0.25, -0.2) is 0 Å². The Labute approximate surface area is 150 Å². The highest BCUT2D eigenvalue weighted by Gasteiger charge is 2.18. The molecule has 1 aliphatic heterocycles. The van der Waals surface area contributed by atoms with E-state index < -0.39 is 4.92 Å². The largest absolute Gasteiger partial charge is 0.454 e. The summed E-state index contributed by atoms with van der Waals surface area (Å²) < 4.78 is 10.6. The number of non-ortho nitro benzene ring substituents is 1. The number of benzene rings is 2. The second-order valence-corrected chi connectivity index (χ2v) is 5.92. The molecule has 134 valence electrons. The first-order valence-electron chi connectivity index (χ1n) is 8.04. The molecular weight excluding hydrogens is 336 g/mol. The van der Waals surface area contributed by atoms with Gasteiger partial charge in [-0.15, -0.1) is 0 Å². The SMILES string of the molecule is C[C@H](c1cccc([N+](=O)[O-])c1)N(C)C(=O)/C=C/c1ccc2c(c1)OCO2. The Bertz CT molecular complexity index is 878. The van der Waals surface area contributed by atoms with E-state index in [1.54, 1.807) is 37.4 Å². The molecule has 0 radical (unpaired) electrons. The average Bonchev–Trinajstić information content (AvgIpc) is 3.12. The lowest BCUT2D eigenvalue weighted by Gasteiger charge is -2.24. The zero-order valence-corrected chi connectivity index (χ0v) is 14.4. The quantitative estimate of drug-likeness (QED) is 0.466. The van der Waals surface area contributed by atoms with Gasteiger partial charge in [-0.1, -0.05) is 18.2 Å². The van der Waals surface area contributed by atoms with E-state index in [0.29, 0.717) is 17.1 Å². The summed E-state index contributed by atoms with van der Waals surface area (Å²) in [4.78, 5) is 24.4. The minimum absolute atomic E-state index is 0.00565. The molecular formula is C19H18N2O5. The van der Waals surface area contributed by atoms with Crippen molar-refractivity contribution in [3.8, 4) is 11.5 Å². The molecule has 2 aromatic carbocycles. The average molecular weight is 354 g/mol. The number of nitro groups is 1. The molecule has 3 rings (SSSR count). The summed E-state index contributed by atoms with van der Waals surface area (Å²) in [5.41, 5.74) is 1.52. The summed E-state index contributed by atoms with van der Waals surface area (Å²) in [6.07, 6.45) is 3.16. The monoisotopic (exact) mass is 354 g/mol. The van der Waals surface area contributed by atoms with Crippen molar-refractivity contribution < 1.29 is 19.2 Å². The predicted molar refractivity (Wildman–Crippen MR) is 95.9 cm³/mol. The van der Waals surface area contributed by atoms with Gasteiger partial charge in [0, 0.05) is 25.3 Å². The van der Waals surface area contributed by atoms with E-state index in [2.05, 4.69) is 0 Å². The number of hydrogen-bond acceptors (Lipinski definition) is 5. The molecule has 0 fully saturated rings. The molecule has 0 saturated carbocycles. The Morgan fingerprint density at radius 2 is 2.00 bits per heavy atom. The molecule has 0 bridgehead atoms. The van der Waals surface area contributed by atoms with Gasteiger partial charge in [-0.3, -0.25) is 14.9 Å². The normalized spacial score (nSPS) is 13.6. The highest BCUT2D eigenvalue weighted by Crippen LogP contribution is 2.32. The van der Waals surface area contributed by atoms with Crippen molar-refractivity contribution in [2.45, 2.75) is 13.0 Å². The van der Waals surface area contributed by atoms with Crippen LogP contribution in [-0.4, -0.2) is 29.6 Å². The van der Waals surface area contributed by atoms with Crippen molar-refractivity contribution in [2.75, 3.05) is 13.8 Å². The van der Waals surface area contributed by atoms with Crippen LogP contribution in [0.3, 0.4) is 0 Å². The van der Waals surface area contributed by atoms with Gasteiger partial charge >= 0.3 is 0 Å². The van der Waals surface area contributed by atoms with Crippen LogP contribution in [0.15, 0.2) is 48.5 Å². The summed E-state index contributed by atoms with van der Waals surface area (Å²) in [6.45, 7) is 2.02. The van der Waals surface area contributed by atoms with Crippen LogP contribution in [-0.2, 0) is 4.79 Å². The lowest BCUT2D eigenvalue weighted by atomic mass is 10.1. The fraction of sp³-hybridized carbons (Fsp3) is 0.211. The molecule has 0 saturated heterocycles. The van der Waals surface area contributed by atoms with Gasteiger partial charge in [0.05, 0.1) is 11.0 Å². The summed E-state index contributed by atoms with van der Waals surface area (Å²) in [5.74, 6) is 1.13.